The summed E-state index contributed by atoms with van der Waals surface area (Å²) in [6.07, 6.45) is 2.71. The monoisotopic (exact) mass is 408 g/mol. The van der Waals surface area contributed by atoms with Crippen molar-refractivity contribution in [2.75, 3.05) is 24.5 Å². The van der Waals surface area contributed by atoms with Crippen LogP contribution in [0.4, 0.5) is 23.7 Å². The maximum absolute atomic E-state index is 14.0. The van der Waals surface area contributed by atoms with Gasteiger partial charge in [-0.1, -0.05) is 12.1 Å². The fourth-order valence-electron chi connectivity index (χ4n) is 3.41. The summed E-state index contributed by atoms with van der Waals surface area (Å²) in [7, 11) is 0. The Labute approximate surface area is 167 Å². The number of hydrogen-bond donors (Lipinski definition) is 1. The average molecular weight is 408 g/mol. The van der Waals surface area contributed by atoms with Gasteiger partial charge in [-0.25, -0.2) is 9.18 Å². The zero-order chi connectivity index (χ0) is 21.0. The quantitative estimate of drug-likeness (QED) is 0.818. The van der Waals surface area contributed by atoms with E-state index in [0.717, 1.165) is 0 Å². The molecule has 2 atom stereocenters. The number of aromatic nitrogens is 1. The molecule has 2 amide bonds. The Hall–Kier alpha value is -2.97. The van der Waals surface area contributed by atoms with Gasteiger partial charge in [0, 0.05) is 31.9 Å². The number of piperazine rings is 1. The third-order valence-electron chi connectivity index (χ3n) is 4.90. The van der Waals surface area contributed by atoms with E-state index in [4.69, 9.17) is 0 Å². The number of nitrogens with zero attached hydrogens (tertiary/aromatic N) is 3. The van der Waals surface area contributed by atoms with Gasteiger partial charge in [-0.05, 0) is 37.6 Å². The van der Waals surface area contributed by atoms with E-state index in [2.05, 4.69) is 15.0 Å². The lowest BCUT2D eigenvalue weighted by Gasteiger charge is -2.41. The van der Waals surface area contributed by atoms with Crippen LogP contribution in [0.25, 0.3) is 0 Å². The number of ether oxygens (including phenoxy) is 1. The summed E-state index contributed by atoms with van der Waals surface area (Å²) in [6.45, 7) is 2.16. The van der Waals surface area contributed by atoms with E-state index in [1.54, 1.807) is 30.0 Å². The molecule has 0 bridgehead atoms. The predicted molar refractivity (Wildman–Crippen MR) is 103 cm³/mol. The molecule has 1 aromatic carbocycles. The molecule has 2 aromatic rings. The van der Waals surface area contributed by atoms with Crippen LogP contribution < -0.4 is 15.0 Å². The highest BCUT2D eigenvalue weighted by Crippen LogP contribution is 2.23. The van der Waals surface area contributed by atoms with E-state index >= 15 is 0 Å². The third kappa shape index (κ3) is 5.10. The molecule has 6 nitrogen and oxygen atoms in total. The second-order valence-electron chi connectivity index (χ2n) is 6.94. The number of benzene rings is 1. The molecule has 1 aliphatic rings. The standard InChI is InChI=1S/C20H23F3N4O2/c1-13-12-26(18-6-7-24-11-17(18)21)8-9-27(13)20(28)25-14(2)15-4-3-5-16(10-15)29-19(22)23/h3-7,10-11,13-14,19H,8-9,12H2,1-2H3,(H,25,28)/t13-,14-/m1/s1. The van der Waals surface area contributed by atoms with E-state index in [1.807, 2.05) is 11.8 Å². The number of amides is 2. The Morgan fingerprint density at radius 2 is 2.10 bits per heavy atom. The van der Waals surface area contributed by atoms with Gasteiger partial charge in [0.05, 0.1) is 17.9 Å². The lowest BCUT2D eigenvalue weighted by molar-refractivity contribution is -0.0499. The molecule has 156 valence electrons. The minimum atomic E-state index is -2.91. The fraction of sp³-hybridized carbons (Fsp3) is 0.400. The van der Waals surface area contributed by atoms with Crippen LogP contribution in [0, 0.1) is 5.82 Å². The summed E-state index contributed by atoms with van der Waals surface area (Å²) in [4.78, 5) is 20.1. The van der Waals surface area contributed by atoms with E-state index < -0.39 is 18.5 Å². The number of nitrogens with one attached hydrogen (secondary N) is 1. The summed E-state index contributed by atoms with van der Waals surface area (Å²) in [5.41, 5.74) is 1.12. The van der Waals surface area contributed by atoms with Crippen molar-refractivity contribution in [1.82, 2.24) is 15.2 Å². The zero-order valence-corrected chi connectivity index (χ0v) is 16.2. The smallest absolute Gasteiger partial charge is 0.387 e. The van der Waals surface area contributed by atoms with Crippen LogP contribution in [-0.2, 0) is 0 Å². The van der Waals surface area contributed by atoms with Crippen LogP contribution >= 0.6 is 0 Å². The lowest BCUT2D eigenvalue weighted by Crippen LogP contribution is -2.57. The first-order chi connectivity index (χ1) is 13.8. The molecule has 29 heavy (non-hydrogen) atoms. The highest BCUT2D eigenvalue weighted by molar-refractivity contribution is 5.75. The maximum Gasteiger partial charge on any atom is 0.387 e. The summed E-state index contributed by atoms with van der Waals surface area (Å²) in [6, 6.07) is 7.06. The number of carbonyl (C=O) groups is 1. The number of pyridine rings is 1. The van der Waals surface area contributed by atoms with E-state index in [-0.39, 0.29) is 17.8 Å². The van der Waals surface area contributed by atoms with Gasteiger partial charge in [0.1, 0.15) is 5.75 Å². The molecule has 1 aromatic heterocycles. The van der Waals surface area contributed by atoms with Crippen LogP contribution in [0.2, 0.25) is 0 Å². The Kier molecular flexibility index (Phi) is 6.46. The molecule has 0 unspecified atom stereocenters. The lowest BCUT2D eigenvalue weighted by atomic mass is 10.1. The predicted octanol–water partition coefficient (Wildman–Crippen LogP) is 3.80. The number of rotatable bonds is 5. The summed E-state index contributed by atoms with van der Waals surface area (Å²) in [5.74, 6) is -0.350. The number of urea groups is 1. The molecule has 0 radical (unpaired) electrons. The van der Waals surface area contributed by atoms with Gasteiger partial charge in [-0.3, -0.25) is 4.98 Å². The maximum atomic E-state index is 14.0. The van der Waals surface area contributed by atoms with Crippen molar-refractivity contribution in [3.05, 3.63) is 54.1 Å². The number of hydrogen-bond acceptors (Lipinski definition) is 4. The summed E-state index contributed by atoms with van der Waals surface area (Å²) < 4.78 is 43.2. The minimum absolute atomic E-state index is 0.0416. The highest BCUT2D eigenvalue weighted by atomic mass is 19.3. The van der Waals surface area contributed by atoms with Crippen LogP contribution in [0.1, 0.15) is 25.5 Å². The molecule has 1 aliphatic heterocycles. The summed E-state index contributed by atoms with van der Waals surface area (Å²) >= 11 is 0. The van der Waals surface area contributed by atoms with Crippen molar-refractivity contribution < 1.29 is 22.7 Å². The Balaban J connectivity index is 1.60. The molecular formula is C20H23F3N4O2. The summed E-state index contributed by atoms with van der Waals surface area (Å²) in [5, 5.41) is 2.88. The molecule has 0 aliphatic carbocycles. The zero-order valence-electron chi connectivity index (χ0n) is 16.2. The van der Waals surface area contributed by atoms with Gasteiger partial charge in [0.15, 0.2) is 5.82 Å². The van der Waals surface area contributed by atoms with Gasteiger partial charge < -0.3 is 19.9 Å². The second kappa shape index (κ2) is 9.02. The van der Waals surface area contributed by atoms with Gasteiger partial charge in [-0.2, -0.15) is 8.78 Å². The van der Waals surface area contributed by atoms with Crippen molar-refractivity contribution in [3.8, 4) is 5.75 Å². The van der Waals surface area contributed by atoms with Crippen molar-refractivity contribution in [3.63, 3.8) is 0 Å². The number of halogens is 3. The van der Waals surface area contributed by atoms with Crippen LogP contribution in [-0.4, -0.2) is 48.2 Å². The van der Waals surface area contributed by atoms with Gasteiger partial charge in [0.2, 0.25) is 0 Å². The van der Waals surface area contributed by atoms with Crippen molar-refractivity contribution in [1.29, 1.82) is 0 Å². The van der Waals surface area contributed by atoms with Crippen molar-refractivity contribution in [2.45, 2.75) is 32.5 Å². The molecule has 0 spiro atoms. The van der Waals surface area contributed by atoms with Gasteiger partial charge in [0.25, 0.3) is 0 Å². The second-order valence-corrected chi connectivity index (χ2v) is 6.94. The third-order valence-corrected chi connectivity index (χ3v) is 4.90. The van der Waals surface area contributed by atoms with Gasteiger partial charge >= 0.3 is 12.6 Å². The van der Waals surface area contributed by atoms with E-state index in [1.165, 1.54) is 24.5 Å². The van der Waals surface area contributed by atoms with Crippen molar-refractivity contribution in [2.24, 2.45) is 0 Å². The largest absolute Gasteiger partial charge is 0.435 e. The van der Waals surface area contributed by atoms with Crippen molar-refractivity contribution >= 4 is 11.7 Å². The van der Waals surface area contributed by atoms with Crippen LogP contribution in [0.3, 0.4) is 0 Å². The Morgan fingerprint density at radius 3 is 2.79 bits per heavy atom. The first kappa shape index (κ1) is 20.8. The molecular weight excluding hydrogens is 385 g/mol. The number of anilines is 1. The van der Waals surface area contributed by atoms with Gasteiger partial charge in [-0.15, -0.1) is 0 Å². The highest BCUT2D eigenvalue weighted by Gasteiger charge is 2.29. The molecule has 1 N–H and O–H groups in total. The molecule has 1 saturated heterocycles. The SMILES string of the molecule is C[C@@H]1CN(c2ccncc2F)CCN1C(=O)N[C@H](C)c1cccc(OC(F)F)c1. The fourth-order valence-corrected chi connectivity index (χ4v) is 3.41. The van der Waals surface area contributed by atoms with E-state index in [9.17, 15) is 18.0 Å². The molecule has 2 heterocycles. The topological polar surface area (TPSA) is 57.7 Å². The van der Waals surface area contributed by atoms with E-state index in [0.29, 0.717) is 30.9 Å². The minimum Gasteiger partial charge on any atom is -0.435 e. The molecule has 3 rings (SSSR count). The Morgan fingerprint density at radius 1 is 1.31 bits per heavy atom. The Bertz CT molecular complexity index is 852. The average Bonchev–Trinajstić information content (AvgIpc) is 2.67. The number of alkyl halides is 2. The molecule has 1 fully saturated rings. The molecule has 0 saturated carbocycles. The first-order valence-electron chi connectivity index (χ1n) is 9.31. The molecule has 9 heteroatoms. The number of carbonyl (C=O) groups excluding carboxylic acids is 1. The first-order valence-corrected chi connectivity index (χ1v) is 9.31. The van der Waals surface area contributed by atoms with Crippen LogP contribution in [0.15, 0.2) is 42.7 Å². The van der Waals surface area contributed by atoms with Crippen LogP contribution in [0.5, 0.6) is 5.75 Å². The normalized spacial score (nSPS) is 17.9.